The third-order valence-electron chi connectivity index (χ3n) is 1.63. The Morgan fingerprint density at radius 3 is 2.67 bits per heavy atom. The fourth-order valence-electron chi connectivity index (χ4n) is 0.961. The summed E-state index contributed by atoms with van der Waals surface area (Å²) >= 11 is 2.85. The van der Waals surface area contributed by atoms with E-state index < -0.39 is 18.0 Å². The third-order valence-corrected chi connectivity index (χ3v) is 2.23. The number of pyridine rings is 1. The minimum Gasteiger partial charge on any atom is -0.481 e. The van der Waals surface area contributed by atoms with Gasteiger partial charge < -0.3 is 9.84 Å². The molecule has 0 amide bonds. The molecule has 1 aromatic heterocycles. The number of hydrogen-bond donors (Lipinski definition) is 1. The molecule has 0 aliphatic carbocycles. The number of methoxy groups -OCH3 is 1. The average molecular weight is 282 g/mol. The summed E-state index contributed by atoms with van der Waals surface area (Å²) < 4.78 is 29.5. The summed E-state index contributed by atoms with van der Waals surface area (Å²) in [7, 11) is 1.18. The molecule has 0 saturated heterocycles. The Morgan fingerprint density at radius 2 is 2.27 bits per heavy atom. The first-order valence-corrected chi connectivity index (χ1v) is 4.52. The van der Waals surface area contributed by atoms with Crippen molar-refractivity contribution >= 4 is 21.9 Å². The van der Waals surface area contributed by atoms with Crippen molar-refractivity contribution in [3.05, 3.63) is 21.8 Å². The second-order valence-corrected chi connectivity index (χ2v) is 3.28. The minimum atomic E-state index is -2.83. The molecule has 1 rings (SSSR count). The van der Waals surface area contributed by atoms with E-state index >= 15 is 0 Å². The molecule has 1 aromatic rings. The van der Waals surface area contributed by atoms with E-state index in [4.69, 9.17) is 5.11 Å². The van der Waals surface area contributed by atoms with E-state index in [0.717, 1.165) is 6.07 Å². The van der Waals surface area contributed by atoms with E-state index in [1.54, 1.807) is 0 Å². The molecular formula is C8H6BrF2NO3. The van der Waals surface area contributed by atoms with E-state index in [0.29, 0.717) is 0 Å². The highest BCUT2D eigenvalue weighted by Gasteiger charge is 2.21. The molecule has 0 radical (unpaired) electrons. The van der Waals surface area contributed by atoms with Crippen molar-refractivity contribution in [1.29, 1.82) is 0 Å². The average Bonchev–Trinajstić information content (AvgIpc) is 2.16. The summed E-state index contributed by atoms with van der Waals surface area (Å²) in [6.45, 7) is 0. The Bertz CT molecular complexity index is 398. The number of hydrogen-bond acceptors (Lipinski definition) is 3. The summed E-state index contributed by atoms with van der Waals surface area (Å²) in [5, 5.41) is 8.68. The maximum absolute atomic E-state index is 12.5. The topological polar surface area (TPSA) is 59.4 Å². The molecule has 1 N–H and O–H groups in total. The van der Waals surface area contributed by atoms with Gasteiger partial charge in [-0.25, -0.2) is 18.6 Å². The van der Waals surface area contributed by atoms with Crippen LogP contribution in [-0.2, 0) is 0 Å². The van der Waals surface area contributed by atoms with E-state index in [2.05, 4.69) is 25.7 Å². The number of rotatable bonds is 3. The fraction of sp³-hybridized carbons (Fsp3) is 0.250. The van der Waals surface area contributed by atoms with Gasteiger partial charge in [-0.1, -0.05) is 0 Å². The molecule has 0 aromatic carbocycles. The van der Waals surface area contributed by atoms with Crippen molar-refractivity contribution < 1.29 is 23.4 Å². The molecule has 15 heavy (non-hydrogen) atoms. The van der Waals surface area contributed by atoms with Gasteiger partial charge in [0.25, 0.3) is 6.43 Å². The van der Waals surface area contributed by atoms with Gasteiger partial charge in [0.2, 0.25) is 5.88 Å². The molecule has 1 heterocycles. The second-order valence-electron chi connectivity index (χ2n) is 2.53. The summed E-state index contributed by atoms with van der Waals surface area (Å²) in [6, 6.07) is 0.836. The summed E-state index contributed by atoms with van der Waals surface area (Å²) in [6.07, 6.45) is -2.83. The number of aromatic carboxylic acids is 1. The van der Waals surface area contributed by atoms with Gasteiger partial charge in [-0.15, -0.1) is 0 Å². The molecule has 0 unspecified atom stereocenters. The van der Waals surface area contributed by atoms with Crippen LogP contribution in [0, 0.1) is 0 Å². The normalized spacial score (nSPS) is 10.5. The van der Waals surface area contributed by atoms with Crippen molar-refractivity contribution in [1.82, 2.24) is 4.98 Å². The first kappa shape index (κ1) is 11.8. The minimum absolute atomic E-state index is 0.0451. The fourth-order valence-corrected chi connectivity index (χ4v) is 1.41. The standard InChI is InChI=1S/C8H6BrF2NO3/c1-15-7-4(6(10)11)2-3(8(13)14)5(9)12-7/h2,6H,1H3,(H,13,14). The van der Waals surface area contributed by atoms with Gasteiger partial charge in [0, 0.05) is 0 Å². The summed E-state index contributed by atoms with van der Waals surface area (Å²) in [4.78, 5) is 14.2. The Hall–Kier alpha value is -1.24. The van der Waals surface area contributed by atoms with Crippen LogP contribution >= 0.6 is 15.9 Å². The zero-order valence-corrected chi connectivity index (χ0v) is 9.09. The largest absolute Gasteiger partial charge is 0.481 e. The van der Waals surface area contributed by atoms with Gasteiger partial charge >= 0.3 is 5.97 Å². The molecular weight excluding hydrogens is 276 g/mol. The maximum Gasteiger partial charge on any atom is 0.338 e. The zero-order chi connectivity index (χ0) is 11.6. The van der Waals surface area contributed by atoms with Crippen molar-refractivity contribution in [2.45, 2.75) is 6.43 Å². The first-order chi connectivity index (χ1) is 6.97. The third kappa shape index (κ3) is 2.41. The molecule has 7 heteroatoms. The van der Waals surface area contributed by atoms with Gasteiger partial charge in [-0.3, -0.25) is 0 Å². The maximum atomic E-state index is 12.5. The van der Waals surface area contributed by atoms with Crippen LogP contribution in [0.25, 0.3) is 0 Å². The number of carbonyl (C=O) groups is 1. The smallest absolute Gasteiger partial charge is 0.338 e. The number of carboxylic acids is 1. The van der Waals surface area contributed by atoms with E-state index in [1.807, 2.05) is 0 Å². The van der Waals surface area contributed by atoms with E-state index in [1.165, 1.54) is 7.11 Å². The lowest BCUT2D eigenvalue weighted by Gasteiger charge is -2.08. The Balaban J connectivity index is 3.37. The van der Waals surface area contributed by atoms with Crippen LogP contribution in [-0.4, -0.2) is 23.2 Å². The van der Waals surface area contributed by atoms with Crippen molar-refractivity contribution in [3.8, 4) is 5.88 Å². The number of aromatic nitrogens is 1. The SMILES string of the molecule is COc1nc(Br)c(C(=O)O)cc1C(F)F. The van der Waals surface area contributed by atoms with Gasteiger partial charge in [-0.2, -0.15) is 0 Å². The van der Waals surface area contributed by atoms with E-state index in [9.17, 15) is 13.6 Å². The molecule has 0 bridgehead atoms. The van der Waals surface area contributed by atoms with Crippen molar-refractivity contribution in [2.24, 2.45) is 0 Å². The number of carboxylic acid groups (broad SMARTS) is 1. The molecule has 82 valence electrons. The molecule has 0 aliphatic heterocycles. The molecule has 0 saturated carbocycles. The molecule has 0 atom stereocenters. The molecule has 0 spiro atoms. The van der Waals surface area contributed by atoms with Gasteiger partial charge in [0.15, 0.2) is 0 Å². The van der Waals surface area contributed by atoms with Crippen LogP contribution in [0.3, 0.4) is 0 Å². The molecule has 0 fully saturated rings. The van der Waals surface area contributed by atoms with Crippen LogP contribution in [0.5, 0.6) is 5.88 Å². The van der Waals surface area contributed by atoms with Gasteiger partial charge in [-0.05, 0) is 22.0 Å². The highest BCUT2D eigenvalue weighted by atomic mass is 79.9. The highest BCUT2D eigenvalue weighted by molar-refractivity contribution is 9.10. The van der Waals surface area contributed by atoms with Crippen LogP contribution in [0.4, 0.5) is 8.78 Å². The number of alkyl halides is 2. The van der Waals surface area contributed by atoms with Gasteiger partial charge in [0.1, 0.15) is 4.60 Å². The first-order valence-electron chi connectivity index (χ1n) is 3.73. The lowest BCUT2D eigenvalue weighted by Crippen LogP contribution is -2.04. The summed E-state index contributed by atoms with van der Waals surface area (Å²) in [5.74, 6) is -1.62. The Morgan fingerprint density at radius 1 is 1.67 bits per heavy atom. The predicted molar refractivity (Wildman–Crippen MR) is 50.4 cm³/mol. The number of nitrogens with zero attached hydrogens (tertiary/aromatic N) is 1. The van der Waals surface area contributed by atoms with Gasteiger partial charge in [0.05, 0.1) is 18.2 Å². The van der Waals surface area contributed by atoms with Crippen molar-refractivity contribution in [3.63, 3.8) is 0 Å². The predicted octanol–water partition coefficient (Wildman–Crippen LogP) is 2.49. The number of halogens is 3. The monoisotopic (exact) mass is 281 g/mol. The molecule has 4 nitrogen and oxygen atoms in total. The van der Waals surface area contributed by atoms with Crippen LogP contribution < -0.4 is 4.74 Å². The Labute approximate surface area is 92.0 Å². The summed E-state index contributed by atoms with van der Waals surface area (Å²) in [5.41, 5.74) is -0.871. The zero-order valence-electron chi connectivity index (χ0n) is 7.50. The van der Waals surface area contributed by atoms with E-state index in [-0.39, 0.29) is 16.0 Å². The molecule has 0 aliphatic rings. The Kier molecular flexibility index (Phi) is 3.57. The lowest BCUT2D eigenvalue weighted by atomic mass is 10.2. The van der Waals surface area contributed by atoms with Crippen LogP contribution in [0.1, 0.15) is 22.3 Å². The lowest BCUT2D eigenvalue weighted by molar-refractivity contribution is 0.0694. The quantitative estimate of drug-likeness (QED) is 0.865. The van der Waals surface area contributed by atoms with Crippen LogP contribution in [0.15, 0.2) is 10.7 Å². The van der Waals surface area contributed by atoms with Crippen LogP contribution in [0.2, 0.25) is 0 Å². The van der Waals surface area contributed by atoms with Crippen molar-refractivity contribution in [2.75, 3.05) is 7.11 Å². The number of ether oxygens (including phenoxy) is 1. The second kappa shape index (κ2) is 4.52. The highest BCUT2D eigenvalue weighted by Crippen LogP contribution is 2.30.